The van der Waals surface area contributed by atoms with Gasteiger partial charge in [0, 0.05) is 13.1 Å². The minimum absolute atomic E-state index is 0.0977. The zero-order valence-electron chi connectivity index (χ0n) is 12.2. The normalized spacial score (nSPS) is 26.3. The van der Waals surface area contributed by atoms with Crippen molar-refractivity contribution >= 4 is 11.9 Å². The summed E-state index contributed by atoms with van der Waals surface area (Å²) in [7, 11) is 0. The van der Waals surface area contributed by atoms with Crippen LogP contribution < -0.4 is 5.73 Å². The molecule has 0 spiro atoms. The Balaban J connectivity index is 3.00. The summed E-state index contributed by atoms with van der Waals surface area (Å²) in [5, 5.41) is 9.39. The summed E-state index contributed by atoms with van der Waals surface area (Å²) in [6.07, 6.45) is -3.27. The summed E-state index contributed by atoms with van der Waals surface area (Å²) in [5.41, 5.74) is 0.968. The summed E-state index contributed by atoms with van der Waals surface area (Å²) in [4.78, 5) is 24.5. The number of hydrogen-bond acceptors (Lipinski definition) is 3. The van der Waals surface area contributed by atoms with E-state index < -0.39 is 29.0 Å². The number of hydrogen-bond donors (Lipinski definition) is 2. The smallest absolute Gasteiger partial charge is 0.415 e. The molecule has 0 bridgehead atoms. The minimum Gasteiger partial charge on any atom is -0.481 e. The molecule has 1 aliphatic rings. The number of halogens is 3. The van der Waals surface area contributed by atoms with Gasteiger partial charge in [-0.1, -0.05) is 13.3 Å². The quantitative estimate of drug-likeness (QED) is 0.829. The van der Waals surface area contributed by atoms with Gasteiger partial charge in [-0.25, -0.2) is 0 Å². The van der Waals surface area contributed by atoms with E-state index >= 15 is 0 Å². The molecule has 1 fully saturated rings. The molecule has 0 aliphatic carbocycles. The molecule has 2 atom stereocenters. The fourth-order valence-corrected chi connectivity index (χ4v) is 2.72. The lowest BCUT2D eigenvalue weighted by molar-refractivity contribution is -0.195. The molecule has 2 unspecified atom stereocenters. The number of piperidine rings is 1. The fraction of sp³-hybridized carbons (Fsp3) is 0.846. The van der Waals surface area contributed by atoms with Crippen LogP contribution in [0.15, 0.2) is 0 Å². The lowest BCUT2D eigenvalue weighted by atomic mass is 9.76. The number of rotatable bonds is 4. The molecular formula is C13H21F3N2O3. The van der Waals surface area contributed by atoms with Crippen molar-refractivity contribution in [2.75, 3.05) is 13.1 Å². The first kappa shape index (κ1) is 17.7. The number of carboxylic acids is 1. The Morgan fingerprint density at radius 1 is 1.38 bits per heavy atom. The highest BCUT2D eigenvalue weighted by Crippen LogP contribution is 2.37. The van der Waals surface area contributed by atoms with Crippen LogP contribution in [0.2, 0.25) is 0 Å². The number of aliphatic carboxylic acids is 1. The highest BCUT2D eigenvalue weighted by atomic mass is 19.4. The van der Waals surface area contributed by atoms with Crippen molar-refractivity contribution in [1.29, 1.82) is 0 Å². The van der Waals surface area contributed by atoms with Gasteiger partial charge < -0.3 is 15.7 Å². The summed E-state index contributed by atoms with van der Waals surface area (Å²) >= 11 is 0. The van der Waals surface area contributed by atoms with E-state index in [0.717, 1.165) is 4.90 Å². The molecule has 5 nitrogen and oxygen atoms in total. The van der Waals surface area contributed by atoms with Gasteiger partial charge in [0.15, 0.2) is 5.54 Å². The molecule has 0 radical (unpaired) electrons. The Hall–Kier alpha value is -1.31. The van der Waals surface area contributed by atoms with Gasteiger partial charge in [-0.3, -0.25) is 9.59 Å². The molecule has 0 saturated carbocycles. The van der Waals surface area contributed by atoms with Gasteiger partial charge in [0.1, 0.15) is 0 Å². The number of carboxylic acid groups (broad SMARTS) is 1. The number of amides is 1. The summed E-state index contributed by atoms with van der Waals surface area (Å²) in [6.45, 7) is 2.29. The average molecular weight is 310 g/mol. The molecule has 1 rings (SSSR count). The van der Waals surface area contributed by atoms with Gasteiger partial charge in [0.05, 0.1) is 5.41 Å². The first-order chi connectivity index (χ1) is 9.48. The Kier molecular flexibility index (Phi) is 4.92. The SMILES string of the molecule is CCCC1(C(=O)O)CCCN(C(=O)C(C)(N)C(F)(F)F)C1. The third-order valence-corrected chi connectivity index (χ3v) is 4.08. The standard InChI is InChI=1S/C13H21F3N2O3/c1-3-5-12(10(20)21)6-4-7-18(8-12)9(19)11(2,17)13(14,15)16/h3-8,17H2,1-2H3,(H,20,21). The van der Waals surface area contributed by atoms with Gasteiger partial charge in [-0.2, -0.15) is 13.2 Å². The van der Waals surface area contributed by atoms with Crippen LogP contribution in [0.25, 0.3) is 0 Å². The summed E-state index contributed by atoms with van der Waals surface area (Å²) in [6, 6.07) is 0. The molecule has 8 heteroatoms. The van der Waals surface area contributed by atoms with Gasteiger partial charge in [-0.15, -0.1) is 0 Å². The molecule has 122 valence electrons. The van der Waals surface area contributed by atoms with Crippen molar-refractivity contribution in [3.8, 4) is 0 Å². The van der Waals surface area contributed by atoms with Gasteiger partial charge >= 0.3 is 12.1 Å². The van der Waals surface area contributed by atoms with E-state index in [2.05, 4.69) is 0 Å². The zero-order chi connectivity index (χ0) is 16.5. The summed E-state index contributed by atoms with van der Waals surface area (Å²) < 4.78 is 38.5. The monoisotopic (exact) mass is 310 g/mol. The van der Waals surface area contributed by atoms with Crippen molar-refractivity contribution in [2.45, 2.75) is 51.2 Å². The molecular weight excluding hydrogens is 289 g/mol. The molecule has 1 amide bonds. The van der Waals surface area contributed by atoms with Crippen molar-refractivity contribution < 1.29 is 27.9 Å². The van der Waals surface area contributed by atoms with Crippen LogP contribution in [0.1, 0.15) is 39.5 Å². The first-order valence-electron chi connectivity index (χ1n) is 6.86. The van der Waals surface area contributed by atoms with Gasteiger partial charge in [-0.05, 0) is 26.2 Å². The van der Waals surface area contributed by atoms with Crippen molar-refractivity contribution in [2.24, 2.45) is 11.1 Å². The second-order valence-electron chi connectivity index (χ2n) is 5.87. The second kappa shape index (κ2) is 5.82. The topological polar surface area (TPSA) is 83.6 Å². The maximum absolute atomic E-state index is 12.8. The number of carbonyl (C=O) groups is 2. The van der Waals surface area contributed by atoms with E-state index in [4.69, 9.17) is 5.73 Å². The predicted octanol–water partition coefficient (Wildman–Crippen LogP) is 1.76. The fourth-order valence-electron chi connectivity index (χ4n) is 2.72. The lowest BCUT2D eigenvalue weighted by Crippen LogP contribution is -2.64. The van der Waals surface area contributed by atoms with Crippen LogP contribution >= 0.6 is 0 Å². The average Bonchev–Trinajstić information content (AvgIpc) is 2.37. The summed E-state index contributed by atoms with van der Waals surface area (Å²) in [5.74, 6) is -2.34. The predicted molar refractivity (Wildman–Crippen MR) is 69.4 cm³/mol. The van der Waals surface area contributed by atoms with Crippen LogP contribution in [0.4, 0.5) is 13.2 Å². The molecule has 0 aromatic carbocycles. The molecule has 1 saturated heterocycles. The Bertz CT molecular complexity index is 419. The molecule has 3 N–H and O–H groups in total. The molecule has 1 heterocycles. The van der Waals surface area contributed by atoms with Crippen molar-refractivity contribution in [1.82, 2.24) is 4.90 Å². The highest BCUT2D eigenvalue weighted by molar-refractivity contribution is 5.87. The molecule has 1 aliphatic heterocycles. The number of likely N-dealkylation sites (tertiary alicyclic amines) is 1. The third-order valence-electron chi connectivity index (χ3n) is 4.08. The number of carbonyl (C=O) groups excluding carboxylic acids is 1. The van der Waals surface area contributed by atoms with E-state index in [9.17, 15) is 27.9 Å². The Labute approximate surface area is 121 Å². The number of nitrogens with two attached hydrogens (primary N) is 1. The molecule has 21 heavy (non-hydrogen) atoms. The van der Waals surface area contributed by atoms with E-state index in [-0.39, 0.29) is 13.1 Å². The molecule has 0 aromatic rings. The number of alkyl halides is 3. The van der Waals surface area contributed by atoms with Gasteiger partial charge in [0.25, 0.3) is 5.91 Å². The van der Waals surface area contributed by atoms with E-state index in [1.54, 1.807) is 6.92 Å². The Morgan fingerprint density at radius 2 is 1.95 bits per heavy atom. The van der Waals surface area contributed by atoms with Crippen LogP contribution in [-0.4, -0.2) is 46.7 Å². The largest absolute Gasteiger partial charge is 0.481 e. The van der Waals surface area contributed by atoms with E-state index in [1.807, 2.05) is 0 Å². The van der Waals surface area contributed by atoms with Crippen LogP contribution in [0, 0.1) is 5.41 Å². The third kappa shape index (κ3) is 3.30. The zero-order valence-corrected chi connectivity index (χ0v) is 12.2. The van der Waals surface area contributed by atoms with Crippen molar-refractivity contribution in [3.63, 3.8) is 0 Å². The van der Waals surface area contributed by atoms with Crippen LogP contribution in [0.5, 0.6) is 0 Å². The maximum atomic E-state index is 12.8. The van der Waals surface area contributed by atoms with E-state index in [1.165, 1.54) is 0 Å². The van der Waals surface area contributed by atoms with Crippen molar-refractivity contribution in [3.05, 3.63) is 0 Å². The molecule has 0 aromatic heterocycles. The van der Waals surface area contributed by atoms with Crippen LogP contribution in [-0.2, 0) is 9.59 Å². The van der Waals surface area contributed by atoms with E-state index in [0.29, 0.717) is 32.6 Å². The number of nitrogens with zero attached hydrogens (tertiary/aromatic N) is 1. The first-order valence-corrected chi connectivity index (χ1v) is 6.86. The minimum atomic E-state index is -4.88. The lowest BCUT2D eigenvalue weighted by Gasteiger charge is -2.42. The second-order valence-corrected chi connectivity index (χ2v) is 5.87. The van der Waals surface area contributed by atoms with Gasteiger partial charge in [0.2, 0.25) is 0 Å². The van der Waals surface area contributed by atoms with Crippen LogP contribution in [0.3, 0.4) is 0 Å². The Morgan fingerprint density at radius 3 is 2.38 bits per heavy atom. The highest BCUT2D eigenvalue weighted by Gasteiger charge is 2.56. The maximum Gasteiger partial charge on any atom is 0.415 e.